The lowest BCUT2D eigenvalue weighted by Gasteiger charge is -2.09. The molecule has 0 unspecified atom stereocenters. The molecule has 2 aromatic rings. The summed E-state index contributed by atoms with van der Waals surface area (Å²) in [7, 11) is 0. The molecule has 0 bridgehead atoms. The predicted molar refractivity (Wildman–Crippen MR) is 72.7 cm³/mol. The topological polar surface area (TPSA) is 54.9 Å². The Bertz CT molecular complexity index is 620. The monoisotopic (exact) mass is 243 g/mol. The zero-order chi connectivity index (χ0) is 13.3. The average Bonchev–Trinajstić information content (AvgIpc) is 2.35. The molecule has 0 saturated heterocycles. The van der Waals surface area contributed by atoms with Crippen molar-refractivity contribution in [3.8, 4) is 0 Å². The molecule has 4 nitrogen and oxygen atoms in total. The van der Waals surface area contributed by atoms with Gasteiger partial charge in [0.05, 0.1) is 0 Å². The molecule has 0 radical (unpaired) electrons. The van der Waals surface area contributed by atoms with Crippen LogP contribution in [0, 0.1) is 20.8 Å². The lowest BCUT2D eigenvalue weighted by molar-refractivity contribution is -0.115. The summed E-state index contributed by atoms with van der Waals surface area (Å²) < 4.78 is 0. The molecule has 2 heterocycles. The van der Waals surface area contributed by atoms with Crippen molar-refractivity contribution in [3.63, 3.8) is 0 Å². The summed E-state index contributed by atoms with van der Waals surface area (Å²) in [6.07, 6.45) is 0.444. The van der Waals surface area contributed by atoms with Crippen molar-refractivity contribution in [2.75, 3.05) is 5.32 Å². The lowest BCUT2D eigenvalue weighted by Crippen LogP contribution is -2.11. The van der Waals surface area contributed by atoms with E-state index < -0.39 is 0 Å². The lowest BCUT2D eigenvalue weighted by atomic mass is 10.1. The Hall–Kier alpha value is -1.97. The molecule has 0 aliphatic rings. The van der Waals surface area contributed by atoms with Gasteiger partial charge in [-0.2, -0.15) is 0 Å². The zero-order valence-corrected chi connectivity index (χ0v) is 11.2. The van der Waals surface area contributed by atoms with Gasteiger partial charge in [-0.15, -0.1) is 0 Å². The SMILES string of the molecule is CCC(=O)Nc1ccc2c(C)c(C)c(C)nc2n1. The zero-order valence-electron chi connectivity index (χ0n) is 11.2. The van der Waals surface area contributed by atoms with Gasteiger partial charge in [0.15, 0.2) is 5.65 Å². The number of rotatable bonds is 2. The van der Waals surface area contributed by atoms with E-state index in [0.29, 0.717) is 17.9 Å². The van der Waals surface area contributed by atoms with E-state index in [9.17, 15) is 4.79 Å². The minimum Gasteiger partial charge on any atom is -0.311 e. The third-order valence-electron chi connectivity index (χ3n) is 3.25. The van der Waals surface area contributed by atoms with Gasteiger partial charge in [-0.3, -0.25) is 4.79 Å². The molecule has 4 heteroatoms. The molecule has 0 spiro atoms. The van der Waals surface area contributed by atoms with Crippen LogP contribution in [0.15, 0.2) is 12.1 Å². The number of aromatic nitrogens is 2. The molecule has 94 valence electrons. The highest BCUT2D eigenvalue weighted by molar-refractivity contribution is 5.91. The largest absolute Gasteiger partial charge is 0.311 e. The van der Waals surface area contributed by atoms with Crippen LogP contribution in [0.3, 0.4) is 0 Å². The number of carbonyl (C=O) groups is 1. The van der Waals surface area contributed by atoms with Crippen molar-refractivity contribution in [2.24, 2.45) is 0 Å². The van der Waals surface area contributed by atoms with E-state index in [4.69, 9.17) is 0 Å². The summed E-state index contributed by atoms with van der Waals surface area (Å²) in [5, 5.41) is 3.78. The Morgan fingerprint density at radius 3 is 2.56 bits per heavy atom. The Kier molecular flexibility index (Phi) is 3.28. The van der Waals surface area contributed by atoms with Crippen molar-refractivity contribution in [2.45, 2.75) is 34.1 Å². The number of hydrogen-bond donors (Lipinski definition) is 1. The fourth-order valence-corrected chi connectivity index (χ4v) is 1.84. The fourth-order valence-electron chi connectivity index (χ4n) is 1.84. The minimum atomic E-state index is -0.0394. The number of amides is 1. The highest BCUT2D eigenvalue weighted by Gasteiger charge is 2.08. The van der Waals surface area contributed by atoms with Gasteiger partial charge in [-0.25, -0.2) is 9.97 Å². The second-order valence-electron chi connectivity index (χ2n) is 4.42. The molecule has 0 atom stereocenters. The number of pyridine rings is 2. The van der Waals surface area contributed by atoms with E-state index in [2.05, 4.69) is 29.1 Å². The molecule has 18 heavy (non-hydrogen) atoms. The molecular weight excluding hydrogens is 226 g/mol. The van der Waals surface area contributed by atoms with Gasteiger partial charge in [-0.05, 0) is 44.0 Å². The van der Waals surface area contributed by atoms with Gasteiger partial charge < -0.3 is 5.32 Å². The highest BCUT2D eigenvalue weighted by Crippen LogP contribution is 2.22. The normalized spacial score (nSPS) is 10.7. The quantitative estimate of drug-likeness (QED) is 0.882. The van der Waals surface area contributed by atoms with Gasteiger partial charge >= 0.3 is 0 Å². The van der Waals surface area contributed by atoms with Gasteiger partial charge in [0.25, 0.3) is 0 Å². The van der Waals surface area contributed by atoms with Crippen LogP contribution in [-0.4, -0.2) is 15.9 Å². The average molecular weight is 243 g/mol. The van der Waals surface area contributed by atoms with E-state index in [1.54, 1.807) is 0 Å². The van der Waals surface area contributed by atoms with Crippen LogP contribution in [0.4, 0.5) is 5.82 Å². The Labute approximate surface area is 106 Å². The molecule has 0 aliphatic heterocycles. The summed E-state index contributed by atoms with van der Waals surface area (Å²) >= 11 is 0. The summed E-state index contributed by atoms with van der Waals surface area (Å²) in [5.74, 6) is 0.520. The van der Waals surface area contributed by atoms with E-state index in [0.717, 1.165) is 11.1 Å². The van der Waals surface area contributed by atoms with Crippen LogP contribution in [0.25, 0.3) is 11.0 Å². The molecule has 2 aromatic heterocycles. The number of nitrogens with zero attached hydrogens (tertiary/aromatic N) is 2. The van der Waals surface area contributed by atoms with Crippen LogP contribution in [-0.2, 0) is 4.79 Å². The summed E-state index contributed by atoms with van der Waals surface area (Å²) in [6.45, 7) is 7.91. The second kappa shape index (κ2) is 4.72. The molecule has 1 amide bonds. The van der Waals surface area contributed by atoms with Crippen molar-refractivity contribution in [1.82, 2.24) is 9.97 Å². The predicted octanol–water partition coefficient (Wildman–Crippen LogP) is 2.90. The first-order valence-electron chi connectivity index (χ1n) is 6.07. The minimum absolute atomic E-state index is 0.0394. The van der Waals surface area contributed by atoms with Crippen LogP contribution in [0.2, 0.25) is 0 Å². The maximum absolute atomic E-state index is 11.3. The highest BCUT2D eigenvalue weighted by atomic mass is 16.1. The summed E-state index contributed by atoms with van der Waals surface area (Å²) in [6, 6.07) is 3.78. The Balaban J connectivity index is 2.52. The Morgan fingerprint density at radius 2 is 1.89 bits per heavy atom. The van der Waals surface area contributed by atoms with E-state index in [1.165, 1.54) is 11.1 Å². The third kappa shape index (κ3) is 2.18. The van der Waals surface area contributed by atoms with Crippen LogP contribution >= 0.6 is 0 Å². The maximum Gasteiger partial charge on any atom is 0.225 e. The van der Waals surface area contributed by atoms with Gasteiger partial charge in [0.2, 0.25) is 5.91 Å². The third-order valence-corrected chi connectivity index (χ3v) is 3.25. The first-order chi connectivity index (χ1) is 8.52. The molecular formula is C14H17N3O. The van der Waals surface area contributed by atoms with Gasteiger partial charge in [-0.1, -0.05) is 6.92 Å². The van der Waals surface area contributed by atoms with Crippen molar-refractivity contribution >= 4 is 22.8 Å². The number of carbonyl (C=O) groups excluding carboxylic acids is 1. The van der Waals surface area contributed by atoms with E-state index in [-0.39, 0.29) is 5.91 Å². The molecule has 0 aromatic carbocycles. The maximum atomic E-state index is 11.3. The molecule has 0 fully saturated rings. The van der Waals surface area contributed by atoms with E-state index in [1.807, 2.05) is 26.0 Å². The number of nitrogens with one attached hydrogen (secondary N) is 1. The standard InChI is InChI=1S/C14H17N3O/c1-5-13(18)16-12-7-6-11-9(3)8(2)10(4)15-14(11)17-12/h6-7H,5H2,1-4H3,(H,15,16,17,18). The fraction of sp³-hybridized carbons (Fsp3) is 0.357. The number of aryl methyl sites for hydroxylation is 2. The van der Waals surface area contributed by atoms with Gasteiger partial charge in [0, 0.05) is 17.5 Å². The van der Waals surface area contributed by atoms with Crippen LogP contribution in [0.5, 0.6) is 0 Å². The Morgan fingerprint density at radius 1 is 1.17 bits per heavy atom. The molecule has 0 aliphatic carbocycles. The smallest absolute Gasteiger partial charge is 0.225 e. The summed E-state index contributed by atoms with van der Waals surface area (Å²) in [5.41, 5.74) is 4.05. The number of fused-ring (bicyclic) bond motifs is 1. The van der Waals surface area contributed by atoms with Crippen molar-refractivity contribution < 1.29 is 4.79 Å². The van der Waals surface area contributed by atoms with Crippen LogP contribution < -0.4 is 5.32 Å². The van der Waals surface area contributed by atoms with Crippen LogP contribution in [0.1, 0.15) is 30.2 Å². The molecule has 0 saturated carbocycles. The van der Waals surface area contributed by atoms with E-state index >= 15 is 0 Å². The first-order valence-corrected chi connectivity index (χ1v) is 6.07. The van der Waals surface area contributed by atoms with Crippen molar-refractivity contribution in [1.29, 1.82) is 0 Å². The van der Waals surface area contributed by atoms with Gasteiger partial charge in [0.1, 0.15) is 5.82 Å². The molecule has 2 rings (SSSR count). The van der Waals surface area contributed by atoms with Crippen molar-refractivity contribution in [3.05, 3.63) is 29.0 Å². The molecule has 1 N–H and O–H groups in total. The number of anilines is 1. The summed E-state index contributed by atoms with van der Waals surface area (Å²) in [4.78, 5) is 20.2. The second-order valence-corrected chi connectivity index (χ2v) is 4.42. The first kappa shape index (κ1) is 12.5. The number of hydrogen-bond acceptors (Lipinski definition) is 3.